The van der Waals surface area contributed by atoms with Gasteiger partial charge < -0.3 is 4.57 Å². The number of aryl methyl sites for hydroxylation is 1. The van der Waals surface area contributed by atoms with Gasteiger partial charge in [-0.15, -0.1) is 0 Å². The van der Waals surface area contributed by atoms with Gasteiger partial charge >= 0.3 is 0 Å². The standard InChI is InChI=1S/C12H9ClN4/c1-17-5-3-8-6-9(7-15-11(8)17)10-2-4-14-12(13)16-10/h2-7H,1H3. The van der Waals surface area contributed by atoms with Crippen LogP contribution in [-0.2, 0) is 7.05 Å². The lowest BCUT2D eigenvalue weighted by molar-refractivity contribution is 0.948. The Bertz CT molecular complexity index is 690. The van der Waals surface area contributed by atoms with Crippen LogP contribution in [0.25, 0.3) is 22.3 Å². The number of nitrogens with zero attached hydrogens (tertiary/aromatic N) is 4. The number of pyridine rings is 1. The summed E-state index contributed by atoms with van der Waals surface area (Å²) < 4.78 is 1.98. The third-order valence-electron chi connectivity index (χ3n) is 2.63. The highest BCUT2D eigenvalue weighted by Gasteiger charge is 2.05. The summed E-state index contributed by atoms with van der Waals surface area (Å²) in [6.07, 6.45) is 5.41. The van der Waals surface area contributed by atoms with E-state index in [4.69, 9.17) is 11.6 Å². The molecule has 0 fully saturated rings. The van der Waals surface area contributed by atoms with Crippen molar-refractivity contribution in [2.75, 3.05) is 0 Å². The molecule has 4 nitrogen and oxygen atoms in total. The molecule has 0 radical (unpaired) electrons. The van der Waals surface area contributed by atoms with Crippen LogP contribution in [0.15, 0.2) is 36.8 Å². The van der Waals surface area contributed by atoms with Crippen LogP contribution < -0.4 is 0 Å². The maximum absolute atomic E-state index is 5.77. The minimum atomic E-state index is 0.246. The van der Waals surface area contributed by atoms with E-state index in [1.165, 1.54) is 0 Å². The van der Waals surface area contributed by atoms with Gasteiger partial charge in [0, 0.05) is 36.6 Å². The van der Waals surface area contributed by atoms with E-state index < -0.39 is 0 Å². The molecule has 0 N–H and O–H groups in total. The quantitative estimate of drug-likeness (QED) is 0.618. The molecule has 3 rings (SSSR count). The zero-order valence-electron chi connectivity index (χ0n) is 9.13. The zero-order valence-corrected chi connectivity index (χ0v) is 9.89. The highest BCUT2D eigenvalue weighted by molar-refractivity contribution is 6.28. The van der Waals surface area contributed by atoms with Crippen LogP contribution in [0, 0.1) is 0 Å². The van der Waals surface area contributed by atoms with Gasteiger partial charge in [0.2, 0.25) is 5.28 Å². The van der Waals surface area contributed by atoms with Gasteiger partial charge in [-0.3, -0.25) is 0 Å². The van der Waals surface area contributed by atoms with Gasteiger partial charge in [0.05, 0.1) is 5.69 Å². The number of hydrogen-bond acceptors (Lipinski definition) is 3. The van der Waals surface area contributed by atoms with Crippen LogP contribution in [0.2, 0.25) is 5.28 Å². The summed E-state index contributed by atoms with van der Waals surface area (Å²) in [4.78, 5) is 12.4. The second-order valence-corrected chi connectivity index (χ2v) is 4.11. The molecular weight excluding hydrogens is 236 g/mol. The van der Waals surface area contributed by atoms with Crippen molar-refractivity contribution in [2.45, 2.75) is 0 Å². The Morgan fingerprint density at radius 1 is 1.24 bits per heavy atom. The Morgan fingerprint density at radius 3 is 2.94 bits per heavy atom. The van der Waals surface area contributed by atoms with Crippen LogP contribution >= 0.6 is 11.6 Å². The second kappa shape index (κ2) is 3.82. The fourth-order valence-corrected chi connectivity index (χ4v) is 1.94. The Morgan fingerprint density at radius 2 is 2.12 bits per heavy atom. The first kappa shape index (κ1) is 10.2. The fourth-order valence-electron chi connectivity index (χ4n) is 1.79. The monoisotopic (exact) mass is 244 g/mol. The molecule has 0 saturated carbocycles. The number of rotatable bonds is 1. The Hall–Kier alpha value is -1.94. The van der Waals surface area contributed by atoms with Crippen molar-refractivity contribution in [1.29, 1.82) is 0 Å². The third kappa shape index (κ3) is 1.76. The van der Waals surface area contributed by atoms with Crippen LogP contribution in [-0.4, -0.2) is 19.5 Å². The van der Waals surface area contributed by atoms with E-state index in [-0.39, 0.29) is 5.28 Å². The van der Waals surface area contributed by atoms with Gasteiger partial charge in [-0.2, -0.15) is 0 Å². The molecule has 0 unspecified atom stereocenters. The lowest BCUT2D eigenvalue weighted by Crippen LogP contribution is -1.90. The van der Waals surface area contributed by atoms with Crippen LogP contribution in [0.4, 0.5) is 0 Å². The predicted octanol–water partition coefficient (Wildman–Crippen LogP) is 2.68. The van der Waals surface area contributed by atoms with Gasteiger partial charge in [0.25, 0.3) is 0 Å². The zero-order chi connectivity index (χ0) is 11.8. The van der Waals surface area contributed by atoms with Crippen LogP contribution in [0.3, 0.4) is 0 Å². The summed E-state index contributed by atoms with van der Waals surface area (Å²) in [6.45, 7) is 0. The highest BCUT2D eigenvalue weighted by atomic mass is 35.5. The molecule has 0 aliphatic carbocycles. The molecule has 0 atom stereocenters. The van der Waals surface area contributed by atoms with Crippen molar-refractivity contribution in [3.05, 3.63) is 42.1 Å². The molecule has 0 amide bonds. The summed E-state index contributed by atoms with van der Waals surface area (Å²) in [7, 11) is 1.97. The second-order valence-electron chi connectivity index (χ2n) is 3.77. The first-order valence-corrected chi connectivity index (χ1v) is 5.52. The summed E-state index contributed by atoms with van der Waals surface area (Å²) in [6, 6.07) is 5.88. The van der Waals surface area contributed by atoms with Gasteiger partial charge in [-0.25, -0.2) is 15.0 Å². The highest BCUT2D eigenvalue weighted by Crippen LogP contribution is 2.21. The predicted molar refractivity (Wildman–Crippen MR) is 66.8 cm³/mol. The smallest absolute Gasteiger partial charge is 0.222 e. The van der Waals surface area contributed by atoms with Gasteiger partial charge in [-0.05, 0) is 29.8 Å². The summed E-state index contributed by atoms with van der Waals surface area (Å²) in [5, 5.41) is 1.33. The Kier molecular flexibility index (Phi) is 2.30. The molecule has 0 bridgehead atoms. The number of hydrogen-bond donors (Lipinski definition) is 0. The first-order chi connectivity index (χ1) is 8.24. The maximum atomic E-state index is 5.77. The van der Waals surface area contributed by atoms with E-state index in [1.807, 2.05) is 36.0 Å². The molecular formula is C12H9ClN4. The molecule has 0 aromatic carbocycles. The summed E-state index contributed by atoms with van der Waals surface area (Å²) >= 11 is 5.77. The van der Waals surface area contributed by atoms with E-state index in [9.17, 15) is 0 Å². The lowest BCUT2D eigenvalue weighted by Gasteiger charge is -2.01. The molecule has 3 heterocycles. The maximum Gasteiger partial charge on any atom is 0.222 e. The molecule has 3 aromatic rings. The van der Waals surface area contributed by atoms with Crippen LogP contribution in [0.5, 0.6) is 0 Å². The van der Waals surface area contributed by atoms with Crippen molar-refractivity contribution in [3.8, 4) is 11.3 Å². The van der Waals surface area contributed by atoms with E-state index in [0.29, 0.717) is 0 Å². The van der Waals surface area contributed by atoms with Crippen molar-refractivity contribution < 1.29 is 0 Å². The number of fused-ring (bicyclic) bond motifs is 1. The molecule has 5 heteroatoms. The molecule has 0 aliphatic heterocycles. The number of aromatic nitrogens is 4. The average Bonchev–Trinajstić information content (AvgIpc) is 2.71. The van der Waals surface area contributed by atoms with Crippen LogP contribution in [0.1, 0.15) is 0 Å². The van der Waals surface area contributed by atoms with E-state index >= 15 is 0 Å². The lowest BCUT2D eigenvalue weighted by atomic mass is 10.2. The molecule has 84 valence electrons. The van der Waals surface area contributed by atoms with Crippen molar-refractivity contribution in [1.82, 2.24) is 19.5 Å². The molecule has 0 aliphatic rings. The minimum Gasteiger partial charge on any atom is -0.336 e. The van der Waals surface area contributed by atoms with Gasteiger partial charge in [0.1, 0.15) is 5.65 Å². The van der Waals surface area contributed by atoms with E-state index in [0.717, 1.165) is 22.3 Å². The topological polar surface area (TPSA) is 43.6 Å². The van der Waals surface area contributed by atoms with E-state index in [2.05, 4.69) is 15.0 Å². The largest absolute Gasteiger partial charge is 0.336 e. The molecule has 0 spiro atoms. The molecule has 0 saturated heterocycles. The van der Waals surface area contributed by atoms with Crippen molar-refractivity contribution in [2.24, 2.45) is 7.05 Å². The Balaban J connectivity index is 2.18. The summed E-state index contributed by atoms with van der Waals surface area (Å²) in [5.74, 6) is 0. The van der Waals surface area contributed by atoms with Crippen molar-refractivity contribution in [3.63, 3.8) is 0 Å². The first-order valence-electron chi connectivity index (χ1n) is 5.14. The van der Waals surface area contributed by atoms with Gasteiger partial charge in [-0.1, -0.05) is 0 Å². The third-order valence-corrected chi connectivity index (χ3v) is 2.81. The Labute approximate surface area is 103 Å². The van der Waals surface area contributed by atoms with E-state index in [1.54, 1.807) is 12.4 Å². The SMILES string of the molecule is Cn1ccc2cc(-c3ccnc(Cl)n3)cnc21. The fraction of sp³-hybridized carbons (Fsp3) is 0.0833. The molecule has 17 heavy (non-hydrogen) atoms. The van der Waals surface area contributed by atoms with Gasteiger partial charge in [0.15, 0.2) is 0 Å². The minimum absolute atomic E-state index is 0.246. The van der Waals surface area contributed by atoms with Crippen molar-refractivity contribution >= 4 is 22.6 Å². The summed E-state index contributed by atoms with van der Waals surface area (Å²) in [5.41, 5.74) is 2.67. The normalized spacial score (nSPS) is 10.9. The number of halogens is 1. The molecule has 3 aromatic heterocycles. The average molecular weight is 245 g/mol.